The number of nitrogens with zero attached hydrogens (tertiary/aromatic N) is 2. The van der Waals surface area contributed by atoms with Gasteiger partial charge in [0, 0.05) is 50.1 Å². The van der Waals surface area contributed by atoms with E-state index in [1.165, 1.54) is 12.4 Å². The molecule has 1 aromatic heterocycles. The lowest BCUT2D eigenvalue weighted by Crippen LogP contribution is -2.42. The van der Waals surface area contributed by atoms with Crippen LogP contribution in [0.1, 0.15) is 60.4 Å². The molecule has 2 aromatic rings. The van der Waals surface area contributed by atoms with Gasteiger partial charge in [-0.15, -0.1) is 0 Å². The molecule has 2 atom stereocenters. The summed E-state index contributed by atoms with van der Waals surface area (Å²) in [5.74, 6) is -1.53. The lowest BCUT2D eigenvalue weighted by Gasteiger charge is -2.26. The van der Waals surface area contributed by atoms with Crippen molar-refractivity contribution in [3.05, 3.63) is 52.7 Å². The van der Waals surface area contributed by atoms with E-state index < -0.39 is 29.4 Å². The molecule has 0 bridgehead atoms. The Morgan fingerprint density at radius 1 is 1.17 bits per heavy atom. The lowest BCUT2D eigenvalue weighted by molar-refractivity contribution is -0.140. The van der Waals surface area contributed by atoms with Gasteiger partial charge >= 0.3 is 6.18 Å². The molecule has 0 spiro atoms. The number of hydrogen-bond acceptors (Lipinski definition) is 6. The first kappa shape index (κ1) is 26.3. The summed E-state index contributed by atoms with van der Waals surface area (Å²) in [4.78, 5) is 21.8. The molecule has 2 heterocycles. The van der Waals surface area contributed by atoms with Gasteiger partial charge in [-0.05, 0) is 49.3 Å². The number of rotatable bonds is 9. The molecule has 1 aliphatic carbocycles. The highest BCUT2D eigenvalue weighted by Gasteiger charge is 2.35. The zero-order valence-corrected chi connectivity index (χ0v) is 20.1. The maximum atomic E-state index is 14.3. The minimum absolute atomic E-state index is 0.122. The number of nitrogens with one attached hydrogen (secondary N) is 3. The van der Waals surface area contributed by atoms with Crippen LogP contribution in [-0.4, -0.2) is 54.8 Å². The van der Waals surface area contributed by atoms with Crippen molar-refractivity contribution in [1.82, 2.24) is 20.6 Å². The molecule has 1 saturated heterocycles. The lowest BCUT2D eigenvalue weighted by atomic mass is 9.95. The molecule has 196 valence electrons. The van der Waals surface area contributed by atoms with Crippen LogP contribution in [0, 0.1) is 5.82 Å². The van der Waals surface area contributed by atoms with Crippen LogP contribution < -0.4 is 16.0 Å². The molecule has 0 unspecified atom stereocenters. The molecule has 1 fully saturated rings. The number of halogens is 4. The topological polar surface area (TPSA) is 88.2 Å². The number of carbonyl (C=O) groups excluding carboxylic acids is 1. The average Bonchev–Trinajstić information content (AvgIpc) is 3.23. The van der Waals surface area contributed by atoms with Crippen LogP contribution >= 0.6 is 0 Å². The predicted octanol–water partition coefficient (Wildman–Crippen LogP) is 3.76. The Bertz CT molecular complexity index is 1060. The van der Waals surface area contributed by atoms with Crippen LogP contribution in [0.3, 0.4) is 0 Å². The van der Waals surface area contributed by atoms with Gasteiger partial charge in [0.05, 0.1) is 11.5 Å². The molecule has 2 aliphatic rings. The van der Waals surface area contributed by atoms with Gasteiger partial charge in [-0.3, -0.25) is 4.79 Å². The Balaban J connectivity index is 1.40. The third-order valence-corrected chi connectivity index (χ3v) is 6.84. The van der Waals surface area contributed by atoms with Crippen LogP contribution in [0.25, 0.3) is 0 Å². The van der Waals surface area contributed by atoms with Gasteiger partial charge in [0.25, 0.3) is 0 Å². The highest BCUT2D eigenvalue weighted by Crippen LogP contribution is 2.35. The van der Waals surface area contributed by atoms with E-state index >= 15 is 0 Å². The fourth-order valence-corrected chi connectivity index (χ4v) is 4.80. The van der Waals surface area contributed by atoms with Crippen molar-refractivity contribution in [2.45, 2.75) is 56.7 Å². The Kier molecular flexibility index (Phi) is 8.40. The molecule has 1 amide bonds. The Morgan fingerprint density at radius 3 is 2.67 bits per heavy atom. The van der Waals surface area contributed by atoms with E-state index in [0.717, 1.165) is 48.8 Å². The molecule has 7 nitrogen and oxygen atoms in total. The number of alkyl halides is 3. The SMILES string of the molecule is C[C@@H]1CCc2ncnc(NCCNC(=O)[C@H](CNC3CCOCC3)c3ccc(C(F)(F)F)c(F)c3)c21. The Labute approximate surface area is 207 Å². The van der Waals surface area contributed by atoms with Gasteiger partial charge in [-0.2, -0.15) is 13.2 Å². The summed E-state index contributed by atoms with van der Waals surface area (Å²) in [5.41, 5.74) is 0.974. The quantitative estimate of drug-likeness (QED) is 0.353. The summed E-state index contributed by atoms with van der Waals surface area (Å²) in [5, 5.41) is 9.37. The second kappa shape index (κ2) is 11.5. The van der Waals surface area contributed by atoms with E-state index in [9.17, 15) is 22.4 Å². The second-order valence-corrected chi connectivity index (χ2v) is 9.32. The minimum Gasteiger partial charge on any atom is -0.381 e. The predicted molar refractivity (Wildman–Crippen MR) is 126 cm³/mol. The number of carbonyl (C=O) groups is 1. The normalized spacial score (nSPS) is 19.1. The molecule has 1 aliphatic heterocycles. The fourth-order valence-electron chi connectivity index (χ4n) is 4.80. The molecule has 0 radical (unpaired) electrons. The van der Waals surface area contributed by atoms with Crippen molar-refractivity contribution in [2.24, 2.45) is 0 Å². The zero-order chi connectivity index (χ0) is 25.7. The smallest absolute Gasteiger partial charge is 0.381 e. The van der Waals surface area contributed by atoms with Crippen LogP contribution in [0.2, 0.25) is 0 Å². The number of hydrogen-bond donors (Lipinski definition) is 3. The van der Waals surface area contributed by atoms with Gasteiger partial charge < -0.3 is 20.7 Å². The maximum absolute atomic E-state index is 14.3. The van der Waals surface area contributed by atoms with E-state index in [1.54, 1.807) is 0 Å². The monoisotopic (exact) mass is 509 g/mol. The number of aryl methyl sites for hydroxylation is 1. The molecule has 0 saturated carbocycles. The molecule has 3 N–H and O–H groups in total. The zero-order valence-electron chi connectivity index (χ0n) is 20.1. The first-order valence-corrected chi connectivity index (χ1v) is 12.3. The van der Waals surface area contributed by atoms with E-state index in [-0.39, 0.29) is 24.7 Å². The number of amides is 1. The highest BCUT2D eigenvalue weighted by atomic mass is 19.4. The van der Waals surface area contributed by atoms with Gasteiger partial charge in [-0.25, -0.2) is 14.4 Å². The molecule has 36 heavy (non-hydrogen) atoms. The summed E-state index contributed by atoms with van der Waals surface area (Å²) >= 11 is 0. The maximum Gasteiger partial charge on any atom is 0.419 e. The van der Waals surface area contributed by atoms with Crippen molar-refractivity contribution >= 4 is 11.7 Å². The first-order chi connectivity index (χ1) is 17.2. The molecule has 11 heteroatoms. The van der Waals surface area contributed by atoms with Gasteiger partial charge in [0.2, 0.25) is 5.91 Å². The third kappa shape index (κ3) is 6.31. The molecule has 1 aromatic carbocycles. The van der Waals surface area contributed by atoms with Crippen LogP contribution in [0.4, 0.5) is 23.4 Å². The van der Waals surface area contributed by atoms with Gasteiger partial charge in [0.15, 0.2) is 0 Å². The van der Waals surface area contributed by atoms with E-state index in [0.29, 0.717) is 31.7 Å². The van der Waals surface area contributed by atoms with Crippen molar-refractivity contribution in [1.29, 1.82) is 0 Å². The average molecular weight is 510 g/mol. The van der Waals surface area contributed by atoms with Gasteiger partial charge in [0.1, 0.15) is 18.0 Å². The Morgan fingerprint density at radius 2 is 1.94 bits per heavy atom. The second-order valence-electron chi connectivity index (χ2n) is 9.32. The third-order valence-electron chi connectivity index (χ3n) is 6.84. The Hall–Kier alpha value is -2.79. The van der Waals surface area contributed by atoms with Gasteiger partial charge in [-0.1, -0.05) is 13.0 Å². The number of benzene rings is 1. The summed E-state index contributed by atoms with van der Waals surface area (Å²) in [6, 6.07) is 2.79. The van der Waals surface area contributed by atoms with Crippen LogP contribution in [0.15, 0.2) is 24.5 Å². The number of ether oxygens (including phenoxy) is 1. The first-order valence-electron chi connectivity index (χ1n) is 12.3. The summed E-state index contributed by atoms with van der Waals surface area (Å²) in [6.45, 7) is 4.17. The van der Waals surface area contributed by atoms with Crippen LogP contribution in [-0.2, 0) is 22.1 Å². The van der Waals surface area contributed by atoms with E-state index in [4.69, 9.17) is 4.74 Å². The number of aromatic nitrogens is 2. The van der Waals surface area contributed by atoms with E-state index in [2.05, 4.69) is 32.8 Å². The summed E-state index contributed by atoms with van der Waals surface area (Å²) < 4.78 is 58.7. The standard InChI is InChI=1S/C25H31F4N5O2/c1-15-2-5-21-22(15)23(34-14-33-21)30-8-9-31-24(35)18(13-32-17-6-10-36-11-7-17)16-3-4-19(20(26)12-16)25(27,28)29/h3-4,12,14-15,17-18,32H,2,5-11,13H2,1H3,(H,31,35)(H,30,33,34)/t15-,18-/m1/s1. The highest BCUT2D eigenvalue weighted by molar-refractivity contribution is 5.84. The molecular weight excluding hydrogens is 478 g/mol. The number of fused-ring (bicyclic) bond motifs is 1. The summed E-state index contributed by atoms with van der Waals surface area (Å²) in [7, 11) is 0. The fraction of sp³-hybridized carbons (Fsp3) is 0.560. The van der Waals surface area contributed by atoms with Crippen LogP contribution in [0.5, 0.6) is 0 Å². The van der Waals surface area contributed by atoms with Crippen molar-refractivity contribution < 1.29 is 27.1 Å². The van der Waals surface area contributed by atoms with E-state index in [1.807, 2.05) is 0 Å². The number of anilines is 1. The van der Waals surface area contributed by atoms with Crippen molar-refractivity contribution in [2.75, 3.05) is 38.2 Å². The van der Waals surface area contributed by atoms with Crippen molar-refractivity contribution in [3.8, 4) is 0 Å². The van der Waals surface area contributed by atoms with Crippen molar-refractivity contribution in [3.63, 3.8) is 0 Å². The molecular formula is C25H31F4N5O2. The summed E-state index contributed by atoms with van der Waals surface area (Å²) in [6.07, 6.45) is 0.184. The minimum atomic E-state index is -4.80. The largest absolute Gasteiger partial charge is 0.419 e. The molecule has 4 rings (SSSR count).